The number of piperidine rings is 1. The second-order valence-electron chi connectivity index (χ2n) is 4.82. The number of amides is 2. The van der Waals surface area contributed by atoms with Crippen molar-refractivity contribution in [2.75, 3.05) is 31.6 Å². The Kier molecular flexibility index (Phi) is 7.90. The van der Waals surface area contributed by atoms with Crippen LogP contribution in [0.3, 0.4) is 0 Å². The number of likely N-dealkylation sites (tertiary alicyclic amines) is 1. The Labute approximate surface area is 119 Å². The molecule has 1 aliphatic rings. The molecule has 0 bridgehead atoms. The van der Waals surface area contributed by atoms with Gasteiger partial charge in [-0.3, -0.25) is 9.59 Å². The quantitative estimate of drug-likeness (QED) is 0.718. The SMILES string of the molecule is CSCCC(=O)N1CCCCC1CNC(=O)CCN. The third-order valence-corrected chi connectivity index (χ3v) is 3.99. The number of hydrogen-bond donors (Lipinski definition) is 2. The molecule has 0 aromatic rings. The normalized spacial score (nSPS) is 19.3. The summed E-state index contributed by atoms with van der Waals surface area (Å²) in [5, 5.41) is 2.88. The molecule has 0 aliphatic carbocycles. The summed E-state index contributed by atoms with van der Waals surface area (Å²) in [4.78, 5) is 25.5. The average molecular weight is 287 g/mol. The second-order valence-corrected chi connectivity index (χ2v) is 5.81. The minimum atomic E-state index is -0.0235. The molecule has 1 rings (SSSR count). The van der Waals surface area contributed by atoms with Crippen molar-refractivity contribution in [3.8, 4) is 0 Å². The summed E-state index contributed by atoms with van der Waals surface area (Å²) in [6.07, 6.45) is 6.13. The van der Waals surface area contributed by atoms with Gasteiger partial charge in [-0.2, -0.15) is 11.8 Å². The summed E-state index contributed by atoms with van der Waals surface area (Å²) >= 11 is 1.69. The van der Waals surface area contributed by atoms with Crippen molar-refractivity contribution in [1.29, 1.82) is 0 Å². The Bertz CT molecular complexity index is 300. The van der Waals surface area contributed by atoms with Crippen LogP contribution in [0.25, 0.3) is 0 Å². The van der Waals surface area contributed by atoms with Crippen molar-refractivity contribution in [3.63, 3.8) is 0 Å². The molecular formula is C13H25N3O2S. The van der Waals surface area contributed by atoms with E-state index in [9.17, 15) is 9.59 Å². The third-order valence-electron chi connectivity index (χ3n) is 3.37. The van der Waals surface area contributed by atoms with Crippen LogP contribution in [0.5, 0.6) is 0 Å². The van der Waals surface area contributed by atoms with Gasteiger partial charge in [-0.05, 0) is 25.5 Å². The van der Waals surface area contributed by atoms with E-state index in [4.69, 9.17) is 5.73 Å². The molecule has 110 valence electrons. The highest BCUT2D eigenvalue weighted by Crippen LogP contribution is 2.18. The van der Waals surface area contributed by atoms with E-state index >= 15 is 0 Å². The number of carbonyl (C=O) groups excluding carboxylic acids is 2. The van der Waals surface area contributed by atoms with E-state index in [1.807, 2.05) is 11.2 Å². The molecule has 1 saturated heterocycles. The molecule has 0 aromatic carbocycles. The number of thioether (sulfide) groups is 1. The molecule has 1 aliphatic heterocycles. The van der Waals surface area contributed by atoms with Gasteiger partial charge in [-0.15, -0.1) is 0 Å². The molecule has 0 radical (unpaired) electrons. The molecule has 0 saturated carbocycles. The Morgan fingerprint density at radius 3 is 2.84 bits per heavy atom. The Morgan fingerprint density at radius 2 is 2.16 bits per heavy atom. The van der Waals surface area contributed by atoms with Crippen molar-refractivity contribution in [2.45, 2.75) is 38.1 Å². The summed E-state index contributed by atoms with van der Waals surface area (Å²) in [6.45, 7) is 1.75. The van der Waals surface area contributed by atoms with Gasteiger partial charge in [0.1, 0.15) is 0 Å². The molecule has 1 fully saturated rings. The summed E-state index contributed by atoms with van der Waals surface area (Å²) < 4.78 is 0. The minimum Gasteiger partial charge on any atom is -0.354 e. The average Bonchev–Trinajstić information content (AvgIpc) is 2.43. The number of nitrogens with two attached hydrogens (primary N) is 1. The fourth-order valence-corrected chi connectivity index (χ4v) is 2.70. The summed E-state index contributed by atoms with van der Waals surface area (Å²) in [7, 11) is 0. The van der Waals surface area contributed by atoms with Crippen LogP contribution in [0, 0.1) is 0 Å². The number of carbonyl (C=O) groups is 2. The fourth-order valence-electron chi connectivity index (χ4n) is 2.33. The first-order chi connectivity index (χ1) is 9.19. The van der Waals surface area contributed by atoms with E-state index in [1.54, 1.807) is 11.8 Å². The number of nitrogens with zero attached hydrogens (tertiary/aromatic N) is 1. The maximum absolute atomic E-state index is 12.1. The molecule has 3 N–H and O–H groups in total. The lowest BCUT2D eigenvalue weighted by atomic mass is 10.0. The molecule has 1 heterocycles. The van der Waals surface area contributed by atoms with E-state index in [0.29, 0.717) is 25.9 Å². The van der Waals surface area contributed by atoms with Gasteiger partial charge >= 0.3 is 0 Å². The molecule has 0 spiro atoms. The van der Waals surface area contributed by atoms with E-state index in [1.165, 1.54) is 0 Å². The molecular weight excluding hydrogens is 262 g/mol. The van der Waals surface area contributed by atoms with Crippen LogP contribution in [-0.4, -0.2) is 54.4 Å². The van der Waals surface area contributed by atoms with Crippen LogP contribution in [0.1, 0.15) is 32.1 Å². The van der Waals surface area contributed by atoms with Crippen LogP contribution < -0.4 is 11.1 Å². The molecule has 5 nitrogen and oxygen atoms in total. The highest BCUT2D eigenvalue weighted by atomic mass is 32.2. The van der Waals surface area contributed by atoms with E-state index in [2.05, 4.69) is 5.32 Å². The zero-order chi connectivity index (χ0) is 14.1. The Morgan fingerprint density at radius 1 is 1.37 bits per heavy atom. The van der Waals surface area contributed by atoms with Gasteiger partial charge in [0.2, 0.25) is 11.8 Å². The van der Waals surface area contributed by atoms with Crippen LogP contribution in [-0.2, 0) is 9.59 Å². The predicted molar refractivity (Wildman–Crippen MR) is 79.0 cm³/mol. The van der Waals surface area contributed by atoms with Gasteiger partial charge < -0.3 is 16.0 Å². The van der Waals surface area contributed by atoms with Gasteiger partial charge in [0.15, 0.2) is 0 Å². The largest absolute Gasteiger partial charge is 0.354 e. The maximum Gasteiger partial charge on any atom is 0.223 e. The second kappa shape index (κ2) is 9.20. The first kappa shape index (κ1) is 16.3. The number of nitrogens with one attached hydrogen (secondary N) is 1. The molecule has 19 heavy (non-hydrogen) atoms. The standard InChI is InChI=1S/C13H25N3O2S/c1-19-9-6-13(18)16-8-3-2-4-11(16)10-15-12(17)5-7-14/h11H,2-10,14H2,1H3,(H,15,17). The number of hydrogen-bond acceptors (Lipinski definition) is 4. The lowest BCUT2D eigenvalue weighted by Crippen LogP contribution is -2.49. The lowest BCUT2D eigenvalue weighted by molar-refractivity contribution is -0.135. The zero-order valence-electron chi connectivity index (χ0n) is 11.7. The first-order valence-electron chi connectivity index (χ1n) is 6.94. The minimum absolute atomic E-state index is 0.0235. The smallest absolute Gasteiger partial charge is 0.223 e. The van der Waals surface area contributed by atoms with Gasteiger partial charge in [-0.25, -0.2) is 0 Å². The monoisotopic (exact) mass is 287 g/mol. The first-order valence-corrected chi connectivity index (χ1v) is 8.33. The van der Waals surface area contributed by atoms with E-state index in [-0.39, 0.29) is 17.9 Å². The van der Waals surface area contributed by atoms with Crippen LogP contribution in [0.2, 0.25) is 0 Å². The fraction of sp³-hybridized carbons (Fsp3) is 0.846. The lowest BCUT2D eigenvalue weighted by Gasteiger charge is -2.36. The molecule has 6 heteroatoms. The van der Waals surface area contributed by atoms with Crippen LogP contribution in [0.4, 0.5) is 0 Å². The Hall–Kier alpha value is -0.750. The van der Waals surface area contributed by atoms with Gasteiger partial charge in [0, 0.05) is 44.3 Å². The molecule has 0 aromatic heterocycles. The van der Waals surface area contributed by atoms with E-state index < -0.39 is 0 Å². The highest BCUT2D eigenvalue weighted by Gasteiger charge is 2.26. The summed E-state index contributed by atoms with van der Waals surface area (Å²) in [5.74, 6) is 1.05. The number of rotatable bonds is 7. The third kappa shape index (κ3) is 5.82. The summed E-state index contributed by atoms with van der Waals surface area (Å²) in [5.41, 5.74) is 5.34. The van der Waals surface area contributed by atoms with Crippen molar-refractivity contribution < 1.29 is 9.59 Å². The molecule has 1 unspecified atom stereocenters. The van der Waals surface area contributed by atoms with Gasteiger partial charge in [0.05, 0.1) is 0 Å². The topological polar surface area (TPSA) is 75.4 Å². The van der Waals surface area contributed by atoms with E-state index in [0.717, 1.165) is 31.6 Å². The predicted octanol–water partition coefficient (Wildman–Crippen LogP) is 0.586. The van der Waals surface area contributed by atoms with Crippen LogP contribution >= 0.6 is 11.8 Å². The molecule has 2 amide bonds. The molecule has 1 atom stereocenters. The van der Waals surface area contributed by atoms with Gasteiger partial charge in [0.25, 0.3) is 0 Å². The van der Waals surface area contributed by atoms with Crippen LogP contribution in [0.15, 0.2) is 0 Å². The van der Waals surface area contributed by atoms with Crippen molar-refractivity contribution in [1.82, 2.24) is 10.2 Å². The zero-order valence-corrected chi connectivity index (χ0v) is 12.5. The van der Waals surface area contributed by atoms with Crippen molar-refractivity contribution in [3.05, 3.63) is 0 Å². The Balaban J connectivity index is 2.43. The highest BCUT2D eigenvalue weighted by molar-refractivity contribution is 7.98. The maximum atomic E-state index is 12.1. The van der Waals surface area contributed by atoms with Crippen molar-refractivity contribution >= 4 is 23.6 Å². The van der Waals surface area contributed by atoms with Crippen molar-refractivity contribution in [2.24, 2.45) is 5.73 Å². The van der Waals surface area contributed by atoms with Gasteiger partial charge in [-0.1, -0.05) is 0 Å². The summed E-state index contributed by atoms with van der Waals surface area (Å²) in [6, 6.07) is 0.157.